The van der Waals surface area contributed by atoms with Crippen LogP contribution in [0.4, 0.5) is 10.1 Å². The van der Waals surface area contributed by atoms with Gasteiger partial charge in [0.05, 0.1) is 12.8 Å². The summed E-state index contributed by atoms with van der Waals surface area (Å²) in [5.74, 6) is 0.475. The Labute approximate surface area is 162 Å². The lowest BCUT2D eigenvalue weighted by molar-refractivity contribution is -0.113. The minimum Gasteiger partial charge on any atom is -0.497 e. The number of aliphatic imine (C=N–C) groups is 1. The monoisotopic (exact) mass is 372 g/mol. The molecule has 0 saturated heterocycles. The normalized spacial score (nSPS) is 15.1. The number of carbonyl (C=O) groups is 1. The third kappa shape index (κ3) is 3.30. The summed E-state index contributed by atoms with van der Waals surface area (Å²) in [5.41, 5.74) is 1.95. The van der Waals surface area contributed by atoms with Crippen LogP contribution in [0.2, 0.25) is 0 Å². The number of ether oxygens (including phenoxy) is 1. The van der Waals surface area contributed by atoms with Crippen molar-refractivity contribution < 1.29 is 13.9 Å². The Bertz CT molecular complexity index is 1070. The lowest BCUT2D eigenvalue weighted by Gasteiger charge is -2.18. The molecular weight excluding hydrogens is 355 g/mol. The molecule has 0 N–H and O–H groups in total. The van der Waals surface area contributed by atoms with Crippen molar-refractivity contribution in [3.8, 4) is 5.75 Å². The Kier molecular flexibility index (Phi) is 4.72. The molecule has 0 aromatic heterocycles. The maximum absolute atomic E-state index is 14.1. The van der Waals surface area contributed by atoms with Crippen LogP contribution in [0, 0.1) is 5.82 Å². The highest BCUT2D eigenvalue weighted by molar-refractivity contribution is 6.33. The third-order valence-corrected chi connectivity index (χ3v) is 4.42. The number of amidine groups is 1. The zero-order valence-corrected chi connectivity index (χ0v) is 15.2. The van der Waals surface area contributed by atoms with E-state index in [9.17, 15) is 9.18 Å². The Morgan fingerprint density at radius 2 is 1.61 bits per heavy atom. The number of benzene rings is 3. The summed E-state index contributed by atoms with van der Waals surface area (Å²) in [5, 5.41) is 0. The molecule has 138 valence electrons. The van der Waals surface area contributed by atoms with Crippen molar-refractivity contribution in [2.24, 2.45) is 4.99 Å². The van der Waals surface area contributed by atoms with Crippen molar-refractivity contribution in [1.29, 1.82) is 0 Å². The topological polar surface area (TPSA) is 41.9 Å². The summed E-state index contributed by atoms with van der Waals surface area (Å²) in [4.78, 5) is 19.2. The van der Waals surface area contributed by atoms with Crippen LogP contribution in [-0.4, -0.2) is 18.9 Å². The van der Waals surface area contributed by atoms with Gasteiger partial charge in [0.1, 0.15) is 23.1 Å². The van der Waals surface area contributed by atoms with Crippen LogP contribution in [0.15, 0.2) is 89.6 Å². The number of hydrogen-bond acceptors (Lipinski definition) is 3. The third-order valence-electron chi connectivity index (χ3n) is 4.42. The highest BCUT2D eigenvalue weighted by Crippen LogP contribution is 2.29. The number of anilines is 1. The van der Waals surface area contributed by atoms with Crippen molar-refractivity contribution in [3.63, 3.8) is 0 Å². The molecule has 0 atom stereocenters. The molecule has 0 fully saturated rings. The second kappa shape index (κ2) is 7.48. The lowest BCUT2D eigenvalue weighted by atomic mass is 10.1. The van der Waals surface area contributed by atoms with Gasteiger partial charge < -0.3 is 4.74 Å². The second-order valence-corrected chi connectivity index (χ2v) is 6.19. The van der Waals surface area contributed by atoms with Gasteiger partial charge in [0, 0.05) is 11.1 Å². The van der Waals surface area contributed by atoms with E-state index in [1.807, 2.05) is 30.3 Å². The van der Waals surface area contributed by atoms with E-state index in [0.717, 1.165) is 5.56 Å². The van der Waals surface area contributed by atoms with Gasteiger partial charge in [-0.2, -0.15) is 0 Å². The van der Waals surface area contributed by atoms with Crippen LogP contribution in [0.3, 0.4) is 0 Å². The van der Waals surface area contributed by atoms with E-state index in [0.29, 0.717) is 22.8 Å². The zero-order chi connectivity index (χ0) is 19.5. The van der Waals surface area contributed by atoms with E-state index < -0.39 is 5.82 Å². The number of methoxy groups -OCH3 is 1. The first kappa shape index (κ1) is 17.7. The summed E-state index contributed by atoms with van der Waals surface area (Å²) >= 11 is 0. The molecule has 1 aliphatic rings. The fourth-order valence-corrected chi connectivity index (χ4v) is 3.01. The zero-order valence-electron chi connectivity index (χ0n) is 15.2. The standard InChI is InChI=1S/C23H17FN2O2/c1-28-19-13-11-18(12-14-19)26-22(16-7-3-2-4-8-16)25-21(23(26)27)15-17-9-5-6-10-20(17)24/h2-15H,1H3/b21-15-. The Morgan fingerprint density at radius 3 is 2.29 bits per heavy atom. The number of halogens is 1. The predicted octanol–water partition coefficient (Wildman–Crippen LogP) is 4.67. The van der Waals surface area contributed by atoms with Crippen molar-refractivity contribution in [1.82, 2.24) is 0 Å². The van der Waals surface area contributed by atoms with Crippen molar-refractivity contribution >= 4 is 23.5 Å². The molecular formula is C23H17FN2O2. The molecule has 0 spiro atoms. The molecule has 0 bridgehead atoms. The van der Waals surface area contributed by atoms with E-state index in [4.69, 9.17) is 4.74 Å². The Balaban J connectivity index is 1.81. The molecule has 0 unspecified atom stereocenters. The van der Waals surface area contributed by atoms with Crippen LogP contribution in [0.5, 0.6) is 5.75 Å². The van der Waals surface area contributed by atoms with Crippen LogP contribution >= 0.6 is 0 Å². The van der Waals surface area contributed by atoms with E-state index in [2.05, 4.69) is 4.99 Å². The molecule has 0 saturated carbocycles. The SMILES string of the molecule is COc1ccc(N2C(=O)/C(=C/c3ccccc3F)N=C2c2ccccc2)cc1. The van der Waals surface area contributed by atoms with Gasteiger partial charge in [0.2, 0.25) is 0 Å². The minimum absolute atomic E-state index is 0.180. The molecule has 3 aromatic rings. The van der Waals surface area contributed by atoms with Gasteiger partial charge in [-0.15, -0.1) is 0 Å². The molecule has 1 heterocycles. The number of amides is 1. The predicted molar refractivity (Wildman–Crippen MR) is 108 cm³/mol. The van der Waals surface area contributed by atoms with Gasteiger partial charge in [-0.25, -0.2) is 9.38 Å². The van der Waals surface area contributed by atoms with Gasteiger partial charge in [-0.1, -0.05) is 48.5 Å². The molecule has 5 heteroatoms. The molecule has 3 aromatic carbocycles. The van der Waals surface area contributed by atoms with E-state index >= 15 is 0 Å². The van der Waals surface area contributed by atoms with E-state index in [1.165, 1.54) is 17.0 Å². The first-order valence-corrected chi connectivity index (χ1v) is 8.76. The minimum atomic E-state index is -0.401. The molecule has 1 aliphatic heterocycles. The van der Waals surface area contributed by atoms with Crippen LogP contribution in [0.25, 0.3) is 6.08 Å². The number of nitrogens with zero attached hydrogens (tertiary/aromatic N) is 2. The second-order valence-electron chi connectivity index (χ2n) is 6.19. The maximum Gasteiger partial charge on any atom is 0.282 e. The highest BCUT2D eigenvalue weighted by atomic mass is 19.1. The summed E-state index contributed by atoms with van der Waals surface area (Å²) in [7, 11) is 1.59. The molecule has 0 radical (unpaired) electrons. The molecule has 0 aliphatic carbocycles. The van der Waals surface area contributed by atoms with Gasteiger partial charge in [0.25, 0.3) is 5.91 Å². The first-order valence-electron chi connectivity index (χ1n) is 8.76. The van der Waals surface area contributed by atoms with Crippen LogP contribution < -0.4 is 9.64 Å². The summed E-state index contributed by atoms with van der Waals surface area (Å²) < 4.78 is 19.3. The maximum atomic E-state index is 14.1. The van der Waals surface area contributed by atoms with E-state index in [-0.39, 0.29) is 11.6 Å². The number of carbonyl (C=O) groups excluding carboxylic acids is 1. The van der Waals surface area contributed by atoms with E-state index in [1.54, 1.807) is 49.6 Å². The molecule has 4 nitrogen and oxygen atoms in total. The first-order chi connectivity index (χ1) is 13.7. The Hall–Kier alpha value is -3.73. The van der Waals surface area contributed by atoms with Crippen molar-refractivity contribution in [3.05, 3.63) is 102 Å². The van der Waals surface area contributed by atoms with Crippen LogP contribution in [-0.2, 0) is 4.79 Å². The summed E-state index contributed by atoms with van der Waals surface area (Å²) in [6, 6.07) is 22.9. The van der Waals surface area contributed by atoms with Crippen LogP contribution in [0.1, 0.15) is 11.1 Å². The number of rotatable bonds is 4. The summed E-state index contributed by atoms with van der Waals surface area (Å²) in [6.45, 7) is 0. The average Bonchev–Trinajstić information content (AvgIpc) is 3.06. The van der Waals surface area contributed by atoms with Gasteiger partial charge in [-0.3, -0.25) is 9.69 Å². The fraction of sp³-hybridized carbons (Fsp3) is 0.0435. The molecule has 28 heavy (non-hydrogen) atoms. The number of hydrogen-bond donors (Lipinski definition) is 0. The largest absolute Gasteiger partial charge is 0.497 e. The average molecular weight is 372 g/mol. The summed E-state index contributed by atoms with van der Waals surface area (Å²) in [6.07, 6.45) is 1.48. The fourth-order valence-electron chi connectivity index (χ4n) is 3.01. The molecule has 4 rings (SSSR count). The lowest BCUT2D eigenvalue weighted by Crippen LogP contribution is -2.32. The van der Waals surface area contributed by atoms with Gasteiger partial charge >= 0.3 is 0 Å². The van der Waals surface area contributed by atoms with Crippen molar-refractivity contribution in [2.45, 2.75) is 0 Å². The van der Waals surface area contributed by atoms with Crippen molar-refractivity contribution in [2.75, 3.05) is 12.0 Å². The highest BCUT2D eigenvalue weighted by Gasteiger charge is 2.32. The van der Waals surface area contributed by atoms with Gasteiger partial charge in [0.15, 0.2) is 0 Å². The van der Waals surface area contributed by atoms with Gasteiger partial charge in [-0.05, 0) is 36.4 Å². The smallest absolute Gasteiger partial charge is 0.282 e. The molecule has 1 amide bonds. The Morgan fingerprint density at radius 1 is 0.929 bits per heavy atom. The quantitative estimate of drug-likeness (QED) is 0.625.